The minimum absolute atomic E-state index is 0.174. The quantitative estimate of drug-likeness (QED) is 0.789. The number of carbonyl (C=O) groups excluding carboxylic acids is 1. The van der Waals surface area contributed by atoms with Crippen molar-refractivity contribution < 1.29 is 4.79 Å². The van der Waals surface area contributed by atoms with Crippen molar-refractivity contribution in [1.82, 2.24) is 4.90 Å². The van der Waals surface area contributed by atoms with Crippen LogP contribution in [0.2, 0.25) is 0 Å². The van der Waals surface area contributed by atoms with Gasteiger partial charge in [0.15, 0.2) is 0 Å². The second kappa shape index (κ2) is 7.45. The van der Waals surface area contributed by atoms with Crippen molar-refractivity contribution in [2.45, 2.75) is 32.6 Å². The Balaban J connectivity index is 1.50. The Hall–Kier alpha value is -2.09. The molecule has 2 aromatic rings. The fourth-order valence-corrected chi connectivity index (χ4v) is 3.44. The van der Waals surface area contributed by atoms with Gasteiger partial charge in [0.05, 0.1) is 0 Å². The van der Waals surface area contributed by atoms with Crippen LogP contribution in [-0.2, 0) is 17.6 Å². The van der Waals surface area contributed by atoms with Crippen LogP contribution >= 0.6 is 0 Å². The molecule has 1 unspecified atom stereocenters. The molecule has 3 rings (SSSR count). The molecular weight excluding hydrogens is 282 g/mol. The lowest BCUT2D eigenvalue weighted by Crippen LogP contribution is -2.29. The van der Waals surface area contributed by atoms with Crippen molar-refractivity contribution in [2.24, 2.45) is 5.92 Å². The topological polar surface area (TPSA) is 20.3 Å². The van der Waals surface area contributed by atoms with Gasteiger partial charge in [-0.3, -0.25) is 4.79 Å². The van der Waals surface area contributed by atoms with Crippen molar-refractivity contribution in [3.63, 3.8) is 0 Å². The zero-order valence-electron chi connectivity index (χ0n) is 13.9. The van der Waals surface area contributed by atoms with Crippen LogP contribution < -0.4 is 0 Å². The van der Waals surface area contributed by atoms with Crippen LogP contribution in [0.4, 0.5) is 0 Å². The monoisotopic (exact) mass is 307 g/mol. The van der Waals surface area contributed by atoms with Crippen molar-refractivity contribution in [3.8, 4) is 0 Å². The maximum absolute atomic E-state index is 12.6. The highest BCUT2D eigenvalue weighted by Gasteiger charge is 2.31. The Morgan fingerprint density at radius 1 is 1.04 bits per heavy atom. The number of hydrogen-bond donors (Lipinski definition) is 0. The van der Waals surface area contributed by atoms with E-state index in [1.807, 2.05) is 6.07 Å². The van der Waals surface area contributed by atoms with E-state index in [2.05, 4.69) is 60.4 Å². The lowest BCUT2D eigenvalue weighted by molar-refractivity contribution is -0.131. The first kappa shape index (κ1) is 15.8. The van der Waals surface area contributed by atoms with E-state index >= 15 is 0 Å². The average molecular weight is 307 g/mol. The average Bonchev–Trinajstić information content (AvgIpc) is 2.91. The van der Waals surface area contributed by atoms with Crippen molar-refractivity contribution in [2.75, 3.05) is 13.1 Å². The summed E-state index contributed by atoms with van der Waals surface area (Å²) in [7, 11) is 0. The molecule has 2 nitrogen and oxygen atoms in total. The summed E-state index contributed by atoms with van der Waals surface area (Å²) in [5.41, 5.74) is 3.97. The third-order valence-corrected chi connectivity index (χ3v) is 4.87. The molecule has 1 amide bonds. The van der Waals surface area contributed by atoms with E-state index in [0.29, 0.717) is 5.91 Å². The molecule has 23 heavy (non-hydrogen) atoms. The summed E-state index contributed by atoms with van der Waals surface area (Å²) >= 11 is 0. The second-order valence-corrected chi connectivity index (χ2v) is 6.53. The Bertz CT molecular complexity index is 650. The molecule has 0 radical (unpaired) electrons. The molecule has 0 aliphatic carbocycles. The number of rotatable bonds is 6. The number of benzene rings is 2. The van der Waals surface area contributed by atoms with Gasteiger partial charge in [-0.05, 0) is 49.3 Å². The van der Waals surface area contributed by atoms with E-state index in [9.17, 15) is 4.79 Å². The lowest BCUT2D eigenvalue weighted by Gasteiger charge is -2.17. The van der Waals surface area contributed by atoms with Gasteiger partial charge in [0, 0.05) is 19.0 Å². The predicted molar refractivity (Wildman–Crippen MR) is 94.3 cm³/mol. The molecule has 0 N–H and O–H groups in total. The summed E-state index contributed by atoms with van der Waals surface area (Å²) in [6, 6.07) is 18.9. The summed E-state index contributed by atoms with van der Waals surface area (Å²) in [6.45, 7) is 3.94. The Morgan fingerprint density at radius 2 is 1.78 bits per heavy atom. The van der Waals surface area contributed by atoms with Gasteiger partial charge in [0.25, 0.3) is 0 Å². The van der Waals surface area contributed by atoms with E-state index < -0.39 is 0 Å². The van der Waals surface area contributed by atoms with Crippen molar-refractivity contribution in [1.29, 1.82) is 0 Å². The molecule has 120 valence electrons. The smallest absolute Gasteiger partial charge is 0.226 e. The first-order valence-electron chi connectivity index (χ1n) is 8.61. The molecule has 1 aliphatic rings. The zero-order chi connectivity index (χ0) is 16.1. The Kier molecular flexibility index (Phi) is 5.12. The van der Waals surface area contributed by atoms with Gasteiger partial charge in [-0.15, -0.1) is 0 Å². The van der Waals surface area contributed by atoms with Crippen LogP contribution in [0.3, 0.4) is 0 Å². The summed E-state index contributed by atoms with van der Waals surface area (Å²) in [5, 5.41) is 0. The molecule has 1 atom stereocenters. The fraction of sp³-hybridized carbons (Fsp3) is 0.381. The van der Waals surface area contributed by atoms with Gasteiger partial charge in [-0.2, -0.15) is 0 Å². The van der Waals surface area contributed by atoms with Gasteiger partial charge in [0.2, 0.25) is 5.91 Å². The number of carbonyl (C=O) groups is 1. The van der Waals surface area contributed by atoms with E-state index in [0.717, 1.165) is 38.8 Å². The minimum Gasteiger partial charge on any atom is -0.342 e. The molecule has 0 saturated carbocycles. The van der Waals surface area contributed by atoms with E-state index in [1.54, 1.807) is 0 Å². The molecule has 1 fully saturated rings. The van der Waals surface area contributed by atoms with Crippen LogP contribution in [0.1, 0.15) is 29.5 Å². The first-order valence-corrected chi connectivity index (χ1v) is 8.61. The molecule has 2 aromatic carbocycles. The lowest BCUT2D eigenvalue weighted by atomic mass is 9.95. The first-order chi connectivity index (χ1) is 11.2. The molecule has 1 aliphatic heterocycles. The standard InChI is InChI=1S/C21H25NO/c1-17-8-5-6-12-19(17)16-20-13-15-22(21(20)23)14-7-11-18-9-3-2-4-10-18/h2-6,8-10,12,20H,7,11,13-16H2,1H3. The number of nitrogens with zero attached hydrogens (tertiary/aromatic N) is 1. The largest absolute Gasteiger partial charge is 0.342 e. The van der Waals surface area contributed by atoms with Crippen LogP contribution in [0.15, 0.2) is 54.6 Å². The van der Waals surface area contributed by atoms with Gasteiger partial charge in [-0.1, -0.05) is 54.6 Å². The predicted octanol–water partition coefficient (Wildman–Crippen LogP) is 4.02. The molecule has 2 heteroatoms. The summed E-state index contributed by atoms with van der Waals surface area (Å²) in [4.78, 5) is 14.7. The maximum atomic E-state index is 12.6. The summed E-state index contributed by atoms with van der Waals surface area (Å²) in [6.07, 6.45) is 3.99. The third kappa shape index (κ3) is 4.01. The highest BCUT2D eigenvalue weighted by Crippen LogP contribution is 2.24. The van der Waals surface area contributed by atoms with Crippen molar-refractivity contribution in [3.05, 3.63) is 71.3 Å². The molecule has 0 spiro atoms. The molecule has 1 heterocycles. The summed E-state index contributed by atoms with van der Waals surface area (Å²) in [5.74, 6) is 0.522. The van der Waals surface area contributed by atoms with Crippen LogP contribution in [0.5, 0.6) is 0 Å². The summed E-state index contributed by atoms with van der Waals surface area (Å²) < 4.78 is 0. The van der Waals surface area contributed by atoms with E-state index in [4.69, 9.17) is 0 Å². The number of aryl methyl sites for hydroxylation is 2. The maximum Gasteiger partial charge on any atom is 0.226 e. The van der Waals surface area contributed by atoms with E-state index in [1.165, 1.54) is 16.7 Å². The third-order valence-electron chi connectivity index (χ3n) is 4.87. The second-order valence-electron chi connectivity index (χ2n) is 6.53. The van der Waals surface area contributed by atoms with Gasteiger partial charge in [0.1, 0.15) is 0 Å². The highest BCUT2D eigenvalue weighted by molar-refractivity contribution is 5.81. The van der Waals surface area contributed by atoms with Crippen LogP contribution in [0.25, 0.3) is 0 Å². The van der Waals surface area contributed by atoms with Crippen LogP contribution in [-0.4, -0.2) is 23.9 Å². The van der Waals surface area contributed by atoms with Crippen molar-refractivity contribution >= 4 is 5.91 Å². The minimum atomic E-state index is 0.174. The SMILES string of the molecule is Cc1ccccc1CC1CCN(CCCc2ccccc2)C1=O. The number of amides is 1. The number of hydrogen-bond acceptors (Lipinski definition) is 1. The molecule has 0 aromatic heterocycles. The van der Waals surface area contributed by atoms with E-state index in [-0.39, 0.29) is 5.92 Å². The zero-order valence-corrected chi connectivity index (χ0v) is 13.9. The number of likely N-dealkylation sites (tertiary alicyclic amines) is 1. The van der Waals surface area contributed by atoms with Gasteiger partial charge >= 0.3 is 0 Å². The van der Waals surface area contributed by atoms with Gasteiger partial charge in [-0.25, -0.2) is 0 Å². The Labute approximate surface area is 139 Å². The van der Waals surface area contributed by atoms with Crippen LogP contribution in [0, 0.1) is 12.8 Å². The fourth-order valence-electron chi connectivity index (χ4n) is 3.44. The van der Waals surface area contributed by atoms with Gasteiger partial charge < -0.3 is 4.90 Å². The molecular formula is C21H25NO. The highest BCUT2D eigenvalue weighted by atomic mass is 16.2. The normalized spacial score (nSPS) is 17.7. The molecule has 0 bridgehead atoms. The Morgan fingerprint density at radius 3 is 2.57 bits per heavy atom. The molecule has 1 saturated heterocycles.